The van der Waals surface area contributed by atoms with E-state index in [-0.39, 0.29) is 11.5 Å². The number of hydrogen-bond donors (Lipinski definition) is 1. The summed E-state index contributed by atoms with van der Waals surface area (Å²) in [6.45, 7) is 2.36. The summed E-state index contributed by atoms with van der Waals surface area (Å²) < 4.78 is 5.11. The molecule has 0 radical (unpaired) electrons. The van der Waals surface area contributed by atoms with E-state index < -0.39 is 0 Å². The molecule has 3 rings (SSSR count). The van der Waals surface area contributed by atoms with Crippen LogP contribution in [0.5, 0.6) is 0 Å². The van der Waals surface area contributed by atoms with Gasteiger partial charge in [0.05, 0.1) is 23.3 Å². The van der Waals surface area contributed by atoms with Crippen molar-refractivity contribution in [2.24, 2.45) is 0 Å². The maximum absolute atomic E-state index is 11.8. The molecule has 1 heterocycles. The maximum atomic E-state index is 11.8. The van der Waals surface area contributed by atoms with Gasteiger partial charge in [-0.2, -0.15) is 5.10 Å². The highest BCUT2D eigenvalue weighted by atomic mass is 16.5. The third kappa shape index (κ3) is 2.99. The van der Waals surface area contributed by atoms with Gasteiger partial charge in [-0.05, 0) is 24.6 Å². The smallest absolute Gasteiger partial charge is 0.338 e. The Labute approximate surface area is 132 Å². The molecular weight excluding hydrogens is 292 g/mol. The molecule has 0 unspecified atom stereocenters. The van der Waals surface area contributed by atoms with Gasteiger partial charge in [-0.15, -0.1) is 0 Å². The van der Waals surface area contributed by atoms with E-state index in [4.69, 9.17) is 4.74 Å². The van der Waals surface area contributed by atoms with Crippen molar-refractivity contribution < 1.29 is 9.53 Å². The first-order valence-electron chi connectivity index (χ1n) is 7.45. The number of ether oxygens (including phenoxy) is 1. The average molecular weight is 308 g/mol. The number of carbonyl (C=O) groups is 1. The van der Waals surface area contributed by atoms with Crippen molar-refractivity contribution in [3.8, 4) is 11.3 Å². The maximum Gasteiger partial charge on any atom is 0.338 e. The van der Waals surface area contributed by atoms with Crippen molar-refractivity contribution in [2.75, 3.05) is 6.61 Å². The lowest BCUT2D eigenvalue weighted by Crippen LogP contribution is -2.09. The summed E-state index contributed by atoms with van der Waals surface area (Å²) in [6.07, 6.45) is 0.789. The number of H-pyrrole nitrogens is 1. The zero-order valence-electron chi connectivity index (χ0n) is 12.7. The molecule has 0 spiro atoms. The van der Waals surface area contributed by atoms with Crippen LogP contribution in [0.15, 0.2) is 53.3 Å². The van der Waals surface area contributed by atoms with Crippen LogP contribution in [0.1, 0.15) is 23.7 Å². The van der Waals surface area contributed by atoms with Gasteiger partial charge in [-0.3, -0.25) is 4.79 Å². The first-order chi connectivity index (χ1) is 11.2. The van der Waals surface area contributed by atoms with Gasteiger partial charge in [0.25, 0.3) is 5.56 Å². The molecule has 5 nitrogen and oxygen atoms in total. The van der Waals surface area contributed by atoms with Gasteiger partial charge < -0.3 is 4.74 Å². The largest absolute Gasteiger partial charge is 0.462 e. The van der Waals surface area contributed by atoms with Crippen molar-refractivity contribution in [2.45, 2.75) is 13.3 Å². The van der Waals surface area contributed by atoms with E-state index in [2.05, 4.69) is 10.2 Å². The molecule has 1 aromatic heterocycles. The van der Waals surface area contributed by atoms with Crippen LogP contribution >= 0.6 is 0 Å². The summed E-state index contributed by atoms with van der Waals surface area (Å²) in [5.74, 6) is -0.335. The SMILES string of the molecule is CCCOC(=O)c1ccc(-c2n[nH]c(=O)c3ccccc23)cc1. The Bertz CT molecular complexity index is 898. The minimum absolute atomic E-state index is 0.218. The first kappa shape index (κ1) is 15.0. The van der Waals surface area contributed by atoms with Crippen molar-refractivity contribution >= 4 is 16.7 Å². The van der Waals surface area contributed by atoms with Crippen LogP contribution in [0.25, 0.3) is 22.0 Å². The van der Waals surface area contributed by atoms with E-state index in [0.717, 1.165) is 17.4 Å². The zero-order chi connectivity index (χ0) is 16.2. The second-order valence-electron chi connectivity index (χ2n) is 5.16. The fraction of sp³-hybridized carbons (Fsp3) is 0.167. The van der Waals surface area contributed by atoms with Gasteiger partial charge in [-0.1, -0.05) is 37.3 Å². The molecule has 0 bridgehead atoms. The lowest BCUT2D eigenvalue weighted by Gasteiger charge is -2.06. The molecule has 2 aromatic carbocycles. The number of hydrogen-bond acceptors (Lipinski definition) is 4. The number of nitrogens with one attached hydrogen (secondary N) is 1. The molecule has 0 amide bonds. The number of carbonyl (C=O) groups excluding carboxylic acids is 1. The van der Waals surface area contributed by atoms with Gasteiger partial charge in [0.1, 0.15) is 0 Å². The molecule has 23 heavy (non-hydrogen) atoms. The summed E-state index contributed by atoms with van der Waals surface area (Å²) >= 11 is 0. The zero-order valence-corrected chi connectivity index (χ0v) is 12.7. The van der Waals surface area contributed by atoms with Gasteiger partial charge in [-0.25, -0.2) is 9.89 Å². The number of esters is 1. The first-order valence-corrected chi connectivity index (χ1v) is 7.45. The van der Waals surface area contributed by atoms with Crippen LogP contribution in [-0.4, -0.2) is 22.8 Å². The molecule has 0 saturated carbocycles. The van der Waals surface area contributed by atoms with Crippen molar-refractivity contribution in [3.63, 3.8) is 0 Å². The summed E-state index contributed by atoms with van der Waals surface area (Å²) in [5.41, 5.74) is 1.78. The van der Waals surface area contributed by atoms with Gasteiger partial charge >= 0.3 is 5.97 Å². The van der Waals surface area contributed by atoms with E-state index in [1.165, 1.54) is 0 Å². The Morgan fingerprint density at radius 2 is 1.78 bits per heavy atom. The fourth-order valence-electron chi connectivity index (χ4n) is 2.38. The molecule has 0 aliphatic rings. The Hall–Kier alpha value is -2.95. The van der Waals surface area contributed by atoms with Crippen LogP contribution in [0.4, 0.5) is 0 Å². The molecule has 0 fully saturated rings. The quantitative estimate of drug-likeness (QED) is 0.751. The van der Waals surface area contributed by atoms with Crippen molar-refractivity contribution in [3.05, 3.63) is 64.4 Å². The van der Waals surface area contributed by atoms with E-state index in [9.17, 15) is 9.59 Å². The molecule has 0 saturated heterocycles. The third-order valence-electron chi connectivity index (χ3n) is 3.53. The summed E-state index contributed by atoms with van der Waals surface area (Å²) in [7, 11) is 0. The molecular formula is C18H16N2O3. The lowest BCUT2D eigenvalue weighted by atomic mass is 10.0. The summed E-state index contributed by atoms with van der Waals surface area (Å²) in [5, 5.41) is 8.02. The summed E-state index contributed by atoms with van der Waals surface area (Å²) in [6, 6.07) is 14.3. The van der Waals surface area contributed by atoms with Crippen LogP contribution in [0, 0.1) is 0 Å². The molecule has 5 heteroatoms. The van der Waals surface area contributed by atoms with E-state index >= 15 is 0 Å². The van der Waals surface area contributed by atoms with Crippen molar-refractivity contribution in [1.82, 2.24) is 10.2 Å². The third-order valence-corrected chi connectivity index (χ3v) is 3.53. The highest BCUT2D eigenvalue weighted by molar-refractivity contribution is 5.95. The van der Waals surface area contributed by atoms with Gasteiger partial charge in [0.15, 0.2) is 0 Å². The molecule has 116 valence electrons. The lowest BCUT2D eigenvalue weighted by molar-refractivity contribution is 0.0505. The Morgan fingerprint density at radius 1 is 1.09 bits per heavy atom. The number of benzene rings is 2. The molecule has 0 aliphatic carbocycles. The van der Waals surface area contributed by atoms with Crippen molar-refractivity contribution in [1.29, 1.82) is 0 Å². The van der Waals surface area contributed by atoms with E-state index in [1.54, 1.807) is 30.3 Å². The Morgan fingerprint density at radius 3 is 2.48 bits per heavy atom. The molecule has 0 aliphatic heterocycles. The second kappa shape index (κ2) is 6.44. The van der Waals surface area contributed by atoms with E-state index in [0.29, 0.717) is 23.3 Å². The van der Waals surface area contributed by atoms with Gasteiger partial charge in [0, 0.05) is 10.9 Å². The standard InChI is InChI=1S/C18H16N2O3/c1-2-11-23-18(22)13-9-7-12(8-10-13)16-14-5-3-4-6-15(14)17(21)20-19-16/h3-10H,2,11H2,1H3,(H,20,21). The Kier molecular flexibility index (Phi) is 4.19. The number of nitrogens with zero attached hydrogens (tertiary/aromatic N) is 1. The number of fused-ring (bicyclic) bond motifs is 1. The van der Waals surface area contributed by atoms with Crippen LogP contribution in [0.3, 0.4) is 0 Å². The fourth-order valence-corrected chi connectivity index (χ4v) is 2.38. The van der Waals surface area contributed by atoms with E-state index in [1.807, 2.05) is 25.1 Å². The highest BCUT2D eigenvalue weighted by Crippen LogP contribution is 2.24. The van der Waals surface area contributed by atoms with Gasteiger partial charge in [0.2, 0.25) is 0 Å². The Balaban J connectivity index is 1.99. The topological polar surface area (TPSA) is 72.0 Å². The molecule has 3 aromatic rings. The van der Waals surface area contributed by atoms with Crippen LogP contribution in [0.2, 0.25) is 0 Å². The normalized spacial score (nSPS) is 10.7. The van der Waals surface area contributed by atoms with Crippen LogP contribution in [-0.2, 0) is 4.74 Å². The minimum Gasteiger partial charge on any atom is -0.462 e. The molecule has 1 N–H and O–H groups in total. The summed E-state index contributed by atoms with van der Waals surface area (Å²) in [4.78, 5) is 23.6. The predicted octanol–water partition coefficient (Wildman–Crippen LogP) is 3.16. The van der Waals surface area contributed by atoms with Crippen LogP contribution < -0.4 is 5.56 Å². The highest BCUT2D eigenvalue weighted by Gasteiger charge is 2.10. The average Bonchev–Trinajstić information content (AvgIpc) is 2.60. The number of aromatic amines is 1. The minimum atomic E-state index is -0.335. The second-order valence-corrected chi connectivity index (χ2v) is 5.16. The number of aromatic nitrogens is 2. The predicted molar refractivity (Wildman–Crippen MR) is 88.4 cm³/mol. The monoisotopic (exact) mass is 308 g/mol. The molecule has 0 atom stereocenters. The number of rotatable bonds is 4.